The van der Waals surface area contributed by atoms with Crippen LogP contribution < -0.4 is 10.5 Å². The van der Waals surface area contributed by atoms with E-state index in [2.05, 4.69) is 0 Å². The minimum atomic E-state index is -1.18. The van der Waals surface area contributed by atoms with Gasteiger partial charge in [0.25, 0.3) is 0 Å². The van der Waals surface area contributed by atoms with Crippen molar-refractivity contribution in [2.24, 2.45) is 0 Å². The predicted molar refractivity (Wildman–Crippen MR) is 86.4 cm³/mol. The number of nitrogens with two attached hydrogens (primary N) is 1. The molecule has 2 aromatic rings. The van der Waals surface area contributed by atoms with Crippen LogP contribution in [0, 0.1) is 0 Å². The Morgan fingerprint density at radius 1 is 1.29 bits per heavy atom. The Balaban J connectivity index is 1.84. The molecule has 2 unspecified atom stereocenters. The van der Waals surface area contributed by atoms with Crippen LogP contribution in [0.15, 0.2) is 47.4 Å². The first kappa shape index (κ1) is 14.4. The number of rotatable bonds is 3. The van der Waals surface area contributed by atoms with E-state index in [4.69, 9.17) is 22.1 Å². The van der Waals surface area contributed by atoms with Crippen molar-refractivity contribution in [1.82, 2.24) is 0 Å². The molecule has 0 saturated carbocycles. The fourth-order valence-corrected chi connectivity index (χ4v) is 4.38. The average Bonchev–Trinajstić information content (AvgIpc) is 2.50. The zero-order chi connectivity index (χ0) is 14.8. The van der Waals surface area contributed by atoms with Gasteiger partial charge in [0, 0.05) is 17.4 Å². The zero-order valence-corrected chi connectivity index (χ0v) is 13.0. The quantitative estimate of drug-likeness (QED) is 0.879. The Morgan fingerprint density at radius 2 is 2.10 bits per heavy atom. The molecule has 1 aliphatic rings. The second kappa shape index (κ2) is 6.08. The lowest BCUT2D eigenvalue weighted by Crippen LogP contribution is -2.19. The molecule has 0 bridgehead atoms. The summed E-state index contributed by atoms with van der Waals surface area (Å²) in [5.41, 5.74) is 7.46. The third-order valence-electron chi connectivity index (χ3n) is 3.64. The molecular formula is C16H16ClNO2S. The normalized spacial score (nSPS) is 18.6. The second-order valence-electron chi connectivity index (χ2n) is 5.07. The van der Waals surface area contributed by atoms with Crippen molar-refractivity contribution in [3.05, 3.63) is 53.1 Å². The van der Waals surface area contributed by atoms with Crippen molar-refractivity contribution in [1.29, 1.82) is 0 Å². The number of hydrogen-bond donors (Lipinski definition) is 1. The van der Waals surface area contributed by atoms with E-state index < -0.39 is 10.8 Å². The molecule has 0 aliphatic carbocycles. The highest BCUT2D eigenvalue weighted by Crippen LogP contribution is 2.35. The molecule has 0 radical (unpaired) electrons. The van der Waals surface area contributed by atoms with Gasteiger partial charge in [-0.25, -0.2) is 0 Å². The van der Waals surface area contributed by atoms with Crippen molar-refractivity contribution >= 4 is 28.1 Å². The van der Waals surface area contributed by atoms with Crippen molar-refractivity contribution in [3.8, 4) is 5.75 Å². The van der Waals surface area contributed by atoms with Gasteiger partial charge in [0.1, 0.15) is 5.75 Å². The monoisotopic (exact) mass is 321 g/mol. The fourth-order valence-electron chi connectivity index (χ4n) is 2.56. The summed E-state index contributed by atoms with van der Waals surface area (Å²) in [7, 11) is -1.18. The summed E-state index contributed by atoms with van der Waals surface area (Å²) < 4.78 is 18.3. The first-order chi connectivity index (χ1) is 10.1. The van der Waals surface area contributed by atoms with Crippen LogP contribution in [-0.4, -0.2) is 16.6 Å². The lowest BCUT2D eigenvalue weighted by Gasteiger charge is -2.25. The summed E-state index contributed by atoms with van der Waals surface area (Å²) in [6.45, 7) is 0.656. The predicted octanol–water partition coefficient (Wildman–Crippen LogP) is 3.60. The Morgan fingerprint density at radius 3 is 2.95 bits per heavy atom. The third-order valence-corrected chi connectivity index (χ3v) is 5.61. The van der Waals surface area contributed by atoms with Gasteiger partial charge in [0.15, 0.2) is 0 Å². The molecule has 5 heteroatoms. The van der Waals surface area contributed by atoms with Crippen LogP contribution in [0.2, 0.25) is 5.02 Å². The first-order valence-electron chi connectivity index (χ1n) is 6.80. The summed E-state index contributed by atoms with van der Waals surface area (Å²) >= 11 is 6.14. The molecule has 2 N–H and O–H groups in total. The summed E-state index contributed by atoms with van der Waals surface area (Å²) in [5, 5.41) is 0.503. The molecule has 2 aromatic carbocycles. The Hall–Kier alpha value is -1.52. The third kappa shape index (κ3) is 3.06. The van der Waals surface area contributed by atoms with Gasteiger partial charge in [-0.2, -0.15) is 0 Å². The number of para-hydroxylation sites is 1. The van der Waals surface area contributed by atoms with Gasteiger partial charge < -0.3 is 10.5 Å². The maximum absolute atomic E-state index is 12.6. The van der Waals surface area contributed by atoms with Gasteiger partial charge >= 0.3 is 0 Å². The largest absolute Gasteiger partial charge is 0.493 e. The Labute approximate surface area is 131 Å². The van der Waals surface area contributed by atoms with Gasteiger partial charge in [-0.3, -0.25) is 4.21 Å². The van der Waals surface area contributed by atoms with E-state index in [0.29, 0.717) is 28.0 Å². The number of benzene rings is 2. The van der Waals surface area contributed by atoms with E-state index in [1.54, 1.807) is 18.2 Å². The van der Waals surface area contributed by atoms with Crippen molar-refractivity contribution in [3.63, 3.8) is 0 Å². The van der Waals surface area contributed by atoms with Gasteiger partial charge in [-0.1, -0.05) is 29.8 Å². The molecule has 0 aromatic heterocycles. The summed E-state index contributed by atoms with van der Waals surface area (Å²) in [6.07, 6.45) is 0.864. The van der Waals surface area contributed by atoms with E-state index in [1.165, 1.54) is 0 Å². The highest BCUT2D eigenvalue weighted by molar-refractivity contribution is 7.85. The SMILES string of the molecule is Nc1ccc(Cl)c(S(=O)CC2CCOc3ccccc32)c1. The van der Waals surface area contributed by atoms with Crippen LogP contribution in [0.3, 0.4) is 0 Å². The lowest BCUT2D eigenvalue weighted by molar-refractivity contribution is 0.273. The maximum atomic E-state index is 12.6. The topological polar surface area (TPSA) is 52.3 Å². The molecule has 3 nitrogen and oxygen atoms in total. The summed E-state index contributed by atoms with van der Waals surface area (Å²) in [5.74, 6) is 1.64. The minimum Gasteiger partial charge on any atom is -0.493 e. The summed E-state index contributed by atoms with van der Waals surface area (Å²) in [4.78, 5) is 0.612. The average molecular weight is 322 g/mol. The maximum Gasteiger partial charge on any atom is 0.122 e. The molecule has 0 amide bonds. The highest BCUT2D eigenvalue weighted by atomic mass is 35.5. The first-order valence-corrected chi connectivity index (χ1v) is 8.50. The smallest absolute Gasteiger partial charge is 0.122 e. The van der Waals surface area contributed by atoms with Crippen LogP contribution in [0.4, 0.5) is 5.69 Å². The molecule has 3 rings (SSSR count). The van der Waals surface area contributed by atoms with E-state index in [9.17, 15) is 4.21 Å². The highest BCUT2D eigenvalue weighted by Gasteiger charge is 2.24. The lowest BCUT2D eigenvalue weighted by atomic mass is 9.95. The van der Waals surface area contributed by atoms with Gasteiger partial charge in [-0.05, 0) is 36.2 Å². The fraction of sp³-hybridized carbons (Fsp3) is 0.250. The molecule has 0 saturated heterocycles. The molecule has 1 heterocycles. The van der Waals surface area contributed by atoms with E-state index in [1.807, 2.05) is 24.3 Å². The van der Waals surface area contributed by atoms with E-state index in [0.717, 1.165) is 17.7 Å². The summed E-state index contributed by atoms with van der Waals surface area (Å²) in [6, 6.07) is 13.0. The molecule has 1 aliphatic heterocycles. The number of halogens is 1. The van der Waals surface area contributed by atoms with Gasteiger partial charge in [0.2, 0.25) is 0 Å². The Bertz CT molecular complexity index is 690. The van der Waals surface area contributed by atoms with Crippen LogP contribution in [0.25, 0.3) is 0 Å². The van der Waals surface area contributed by atoms with Crippen molar-refractivity contribution < 1.29 is 8.95 Å². The number of nitrogen functional groups attached to an aromatic ring is 1. The van der Waals surface area contributed by atoms with Crippen LogP contribution >= 0.6 is 11.6 Å². The molecule has 110 valence electrons. The molecule has 2 atom stereocenters. The standard InChI is InChI=1S/C16H16ClNO2S/c17-14-6-5-12(18)9-16(14)21(19)10-11-7-8-20-15-4-2-1-3-13(11)15/h1-6,9,11H,7-8,10,18H2. The van der Waals surface area contributed by atoms with Crippen LogP contribution in [0.1, 0.15) is 17.9 Å². The molecule has 21 heavy (non-hydrogen) atoms. The molecular weight excluding hydrogens is 306 g/mol. The van der Waals surface area contributed by atoms with Gasteiger partial charge in [0.05, 0.1) is 27.3 Å². The van der Waals surface area contributed by atoms with E-state index in [-0.39, 0.29) is 5.92 Å². The van der Waals surface area contributed by atoms with Crippen molar-refractivity contribution in [2.45, 2.75) is 17.2 Å². The number of anilines is 1. The van der Waals surface area contributed by atoms with Gasteiger partial charge in [-0.15, -0.1) is 0 Å². The number of fused-ring (bicyclic) bond motifs is 1. The number of ether oxygens (including phenoxy) is 1. The second-order valence-corrected chi connectivity index (χ2v) is 6.95. The van der Waals surface area contributed by atoms with Crippen molar-refractivity contribution in [2.75, 3.05) is 18.1 Å². The van der Waals surface area contributed by atoms with Crippen LogP contribution in [-0.2, 0) is 10.8 Å². The Kier molecular flexibility index (Phi) is 4.17. The molecule has 0 fully saturated rings. The molecule has 0 spiro atoms. The van der Waals surface area contributed by atoms with Crippen LogP contribution in [0.5, 0.6) is 5.75 Å². The van der Waals surface area contributed by atoms with E-state index >= 15 is 0 Å². The minimum absolute atomic E-state index is 0.216. The number of hydrogen-bond acceptors (Lipinski definition) is 3. The zero-order valence-electron chi connectivity index (χ0n) is 11.4.